The van der Waals surface area contributed by atoms with Crippen LogP contribution in [0, 0.1) is 10.1 Å². The summed E-state index contributed by atoms with van der Waals surface area (Å²) >= 11 is 6.17. The number of carbonyl (C=O) groups is 1. The number of aromatic nitrogens is 1. The molecule has 4 rings (SSSR count). The number of benzene rings is 3. The molecule has 3 aromatic carbocycles. The third-order valence-corrected chi connectivity index (χ3v) is 4.78. The number of non-ortho nitro benzene ring substituents is 1. The van der Waals surface area contributed by atoms with E-state index in [2.05, 4.69) is 10.3 Å². The van der Waals surface area contributed by atoms with Crippen molar-refractivity contribution < 1.29 is 23.6 Å². The summed E-state index contributed by atoms with van der Waals surface area (Å²) in [6.45, 7) is -0.260. The monoisotopic (exact) mass is 453 g/mol. The molecule has 0 saturated heterocycles. The van der Waals surface area contributed by atoms with Gasteiger partial charge in [0.1, 0.15) is 17.0 Å². The first-order valence-electron chi connectivity index (χ1n) is 9.34. The van der Waals surface area contributed by atoms with Crippen LogP contribution in [0.3, 0.4) is 0 Å². The van der Waals surface area contributed by atoms with Crippen molar-refractivity contribution in [3.05, 3.63) is 75.8 Å². The molecule has 4 aromatic rings. The van der Waals surface area contributed by atoms with Crippen LogP contribution in [-0.2, 0) is 4.79 Å². The van der Waals surface area contributed by atoms with Crippen molar-refractivity contribution in [2.24, 2.45) is 0 Å². The van der Waals surface area contributed by atoms with Gasteiger partial charge in [-0.3, -0.25) is 14.9 Å². The summed E-state index contributed by atoms with van der Waals surface area (Å²) in [5.41, 5.74) is 2.25. The molecule has 162 valence electrons. The van der Waals surface area contributed by atoms with Crippen LogP contribution in [0.5, 0.6) is 11.5 Å². The number of methoxy groups -OCH3 is 1. The molecule has 0 spiro atoms. The largest absolute Gasteiger partial charge is 0.495 e. The van der Waals surface area contributed by atoms with Crippen molar-refractivity contribution in [2.75, 3.05) is 19.0 Å². The lowest BCUT2D eigenvalue weighted by molar-refractivity contribution is -0.384. The smallest absolute Gasteiger partial charge is 0.269 e. The van der Waals surface area contributed by atoms with E-state index < -0.39 is 10.8 Å². The number of ether oxygens (including phenoxy) is 2. The molecule has 9 nitrogen and oxygen atoms in total. The molecular weight excluding hydrogens is 438 g/mol. The second kappa shape index (κ2) is 8.94. The minimum atomic E-state index is -0.509. The van der Waals surface area contributed by atoms with E-state index in [9.17, 15) is 14.9 Å². The number of halogens is 1. The molecule has 1 heterocycles. The van der Waals surface area contributed by atoms with Gasteiger partial charge in [-0.25, -0.2) is 4.98 Å². The fourth-order valence-corrected chi connectivity index (χ4v) is 3.20. The highest BCUT2D eigenvalue weighted by Gasteiger charge is 2.12. The number of oxazole rings is 1. The summed E-state index contributed by atoms with van der Waals surface area (Å²) in [5, 5.41) is 13.8. The highest BCUT2D eigenvalue weighted by Crippen LogP contribution is 2.32. The topological polar surface area (TPSA) is 117 Å². The quantitative estimate of drug-likeness (QED) is 0.306. The fourth-order valence-electron chi connectivity index (χ4n) is 2.94. The predicted molar refractivity (Wildman–Crippen MR) is 118 cm³/mol. The van der Waals surface area contributed by atoms with E-state index in [0.717, 1.165) is 0 Å². The number of amides is 1. The van der Waals surface area contributed by atoms with Crippen molar-refractivity contribution in [1.29, 1.82) is 0 Å². The van der Waals surface area contributed by atoms with Crippen molar-refractivity contribution >= 4 is 40.0 Å². The number of hydrogen-bond acceptors (Lipinski definition) is 7. The molecule has 0 aliphatic carbocycles. The second-order valence-corrected chi connectivity index (χ2v) is 7.05. The SMILES string of the molecule is COc1ccc(-c2nc3cc(NC(=O)COc4ccc([N+](=O)[O-])cc4)ccc3o2)cc1Cl. The standard InChI is InChI=1S/C22H16ClN3O6/c1-30-19-8-2-13(10-17(19)23)22-25-18-11-14(3-9-20(18)32-22)24-21(27)12-31-16-6-4-15(5-7-16)26(28)29/h2-11H,12H2,1H3,(H,24,27). The minimum absolute atomic E-state index is 0.0565. The van der Waals surface area contributed by atoms with Crippen molar-refractivity contribution in [1.82, 2.24) is 4.98 Å². The Morgan fingerprint density at radius 3 is 2.62 bits per heavy atom. The average molecular weight is 454 g/mol. The molecule has 1 amide bonds. The number of fused-ring (bicyclic) bond motifs is 1. The van der Waals surface area contributed by atoms with Gasteiger partial charge < -0.3 is 19.2 Å². The Labute approximate surface area is 186 Å². The minimum Gasteiger partial charge on any atom is -0.495 e. The Kier molecular flexibility index (Phi) is 5.91. The van der Waals surface area contributed by atoms with Gasteiger partial charge in [-0.2, -0.15) is 0 Å². The van der Waals surface area contributed by atoms with Gasteiger partial charge in [-0.05, 0) is 48.5 Å². The fraction of sp³-hybridized carbons (Fsp3) is 0.0909. The summed E-state index contributed by atoms with van der Waals surface area (Å²) in [6.07, 6.45) is 0. The lowest BCUT2D eigenvalue weighted by atomic mass is 10.2. The number of carbonyl (C=O) groups excluding carboxylic acids is 1. The van der Waals surface area contributed by atoms with E-state index in [0.29, 0.717) is 44.8 Å². The number of hydrogen-bond donors (Lipinski definition) is 1. The Bertz CT molecular complexity index is 1300. The third kappa shape index (κ3) is 4.62. The van der Waals surface area contributed by atoms with Crippen LogP contribution in [-0.4, -0.2) is 29.5 Å². The van der Waals surface area contributed by atoms with Crippen LogP contribution in [0.25, 0.3) is 22.6 Å². The maximum Gasteiger partial charge on any atom is 0.269 e. The molecule has 0 aliphatic heterocycles. The van der Waals surface area contributed by atoms with Crippen molar-refractivity contribution in [3.63, 3.8) is 0 Å². The average Bonchev–Trinajstić information content (AvgIpc) is 3.21. The van der Waals surface area contributed by atoms with E-state index >= 15 is 0 Å². The van der Waals surface area contributed by atoms with Gasteiger partial charge in [-0.15, -0.1) is 0 Å². The number of nitrogens with zero attached hydrogens (tertiary/aromatic N) is 2. The summed E-state index contributed by atoms with van der Waals surface area (Å²) in [4.78, 5) is 26.8. The van der Waals surface area contributed by atoms with Crippen LogP contribution >= 0.6 is 11.6 Å². The molecule has 0 aliphatic rings. The van der Waals surface area contributed by atoms with Crippen molar-refractivity contribution in [3.8, 4) is 23.0 Å². The predicted octanol–water partition coefficient (Wildman–Crippen LogP) is 5.08. The van der Waals surface area contributed by atoms with Crippen molar-refractivity contribution in [2.45, 2.75) is 0 Å². The lowest BCUT2D eigenvalue weighted by Crippen LogP contribution is -2.20. The molecule has 0 unspecified atom stereocenters. The van der Waals surface area contributed by atoms with Crippen LogP contribution in [0.1, 0.15) is 0 Å². The maximum absolute atomic E-state index is 12.2. The molecule has 0 radical (unpaired) electrons. The van der Waals surface area contributed by atoms with Gasteiger partial charge in [-0.1, -0.05) is 11.6 Å². The van der Waals surface area contributed by atoms with Gasteiger partial charge in [0, 0.05) is 23.4 Å². The van der Waals surface area contributed by atoms with Crippen LogP contribution in [0.4, 0.5) is 11.4 Å². The van der Waals surface area contributed by atoms with E-state index in [1.54, 1.807) is 36.4 Å². The van der Waals surface area contributed by atoms with Gasteiger partial charge in [0.15, 0.2) is 12.2 Å². The third-order valence-electron chi connectivity index (χ3n) is 4.49. The molecule has 0 atom stereocenters. The summed E-state index contributed by atoms with van der Waals surface area (Å²) in [5.74, 6) is 0.885. The zero-order valence-electron chi connectivity index (χ0n) is 16.7. The maximum atomic E-state index is 12.2. The first kappa shape index (κ1) is 21.1. The lowest BCUT2D eigenvalue weighted by Gasteiger charge is -2.07. The van der Waals surface area contributed by atoms with Crippen LogP contribution in [0.15, 0.2) is 65.1 Å². The Hall–Kier alpha value is -4.11. The van der Waals surface area contributed by atoms with E-state index in [-0.39, 0.29) is 12.3 Å². The molecule has 1 N–H and O–H groups in total. The zero-order valence-corrected chi connectivity index (χ0v) is 17.5. The highest BCUT2D eigenvalue weighted by molar-refractivity contribution is 6.32. The summed E-state index contributed by atoms with van der Waals surface area (Å²) in [7, 11) is 1.53. The van der Waals surface area contributed by atoms with Gasteiger partial charge >= 0.3 is 0 Å². The number of nitrogens with one attached hydrogen (secondary N) is 1. The van der Waals surface area contributed by atoms with E-state index in [1.165, 1.54) is 31.4 Å². The molecule has 32 heavy (non-hydrogen) atoms. The molecule has 1 aromatic heterocycles. The van der Waals surface area contributed by atoms with Crippen LogP contribution < -0.4 is 14.8 Å². The number of anilines is 1. The van der Waals surface area contributed by atoms with E-state index in [1.807, 2.05) is 0 Å². The Morgan fingerprint density at radius 1 is 1.16 bits per heavy atom. The second-order valence-electron chi connectivity index (χ2n) is 6.64. The molecular formula is C22H16ClN3O6. The zero-order chi connectivity index (χ0) is 22.7. The van der Waals surface area contributed by atoms with Gasteiger partial charge in [0.2, 0.25) is 5.89 Å². The number of nitro groups is 1. The van der Waals surface area contributed by atoms with Gasteiger partial charge in [0.05, 0.1) is 17.1 Å². The van der Waals surface area contributed by atoms with Gasteiger partial charge in [0.25, 0.3) is 11.6 Å². The highest BCUT2D eigenvalue weighted by atomic mass is 35.5. The number of nitro benzene ring substituents is 1. The Morgan fingerprint density at radius 2 is 1.94 bits per heavy atom. The van der Waals surface area contributed by atoms with Crippen LogP contribution in [0.2, 0.25) is 5.02 Å². The Balaban J connectivity index is 1.42. The molecule has 0 fully saturated rings. The normalized spacial score (nSPS) is 10.7. The summed E-state index contributed by atoms with van der Waals surface area (Å²) < 4.78 is 16.3. The summed E-state index contributed by atoms with van der Waals surface area (Å²) in [6, 6.07) is 15.7. The number of rotatable bonds is 7. The first-order valence-corrected chi connectivity index (χ1v) is 9.72. The molecule has 0 saturated carbocycles. The first-order chi connectivity index (χ1) is 15.4. The molecule has 0 bridgehead atoms. The molecule has 10 heteroatoms. The van der Waals surface area contributed by atoms with E-state index in [4.69, 9.17) is 25.5 Å².